The first kappa shape index (κ1) is 19.5. The van der Waals surface area contributed by atoms with Gasteiger partial charge in [0.25, 0.3) is 0 Å². The summed E-state index contributed by atoms with van der Waals surface area (Å²) < 4.78 is 0. The van der Waals surface area contributed by atoms with Crippen molar-refractivity contribution in [2.24, 2.45) is 10.9 Å². The van der Waals surface area contributed by atoms with E-state index in [-0.39, 0.29) is 24.0 Å². The van der Waals surface area contributed by atoms with Crippen LogP contribution in [0.2, 0.25) is 0 Å². The SMILES string of the molecule is CCNC(=NCc1csc(N(C)C)n1)NCCCC1CC1.I. The second kappa shape index (κ2) is 10.3. The highest BCUT2D eigenvalue weighted by molar-refractivity contribution is 14.0. The molecule has 22 heavy (non-hydrogen) atoms. The molecule has 2 N–H and O–H groups in total. The number of aliphatic imine (C=N–C) groups is 1. The van der Waals surface area contributed by atoms with Crippen molar-refractivity contribution in [3.8, 4) is 0 Å². The third-order valence-corrected chi connectivity index (χ3v) is 4.50. The average Bonchev–Trinajstić information content (AvgIpc) is 3.16. The first-order valence-corrected chi connectivity index (χ1v) is 8.71. The van der Waals surface area contributed by atoms with Crippen LogP contribution >= 0.6 is 35.3 Å². The quantitative estimate of drug-likeness (QED) is 0.284. The number of thiazole rings is 1. The molecule has 1 aliphatic carbocycles. The van der Waals surface area contributed by atoms with E-state index in [1.807, 2.05) is 19.0 Å². The third-order valence-electron chi connectivity index (χ3n) is 3.44. The Morgan fingerprint density at radius 3 is 2.77 bits per heavy atom. The molecule has 0 aliphatic heterocycles. The Kier molecular flexibility index (Phi) is 9.08. The molecule has 1 fully saturated rings. The molecule has 1 saturated carbocycles. The summed E-state index contributed by atoms with van der Waals surface area (Å²) in [6.07, 6.45) is 5.46. The number of hydrogen-bond donors (Lipinski definition) is 2. The molecule has 0 amide bonds. The fourth-order valence-electron chi connectivity index (χ4n) is 2.08. The minimum atomic E-state index is 0. The number of guanidine groups is 1. The molecule has 0 atom stereocenters. The fourth-order valence-corrected chi connectivity index (χ4v) is 2.83. The van der Waals surface area contributed by atoms with Gasteiger partial charge in [-0.05, 0) is 25.7 Å². The van der Waals surface area contributed by atoms with Crippen LogP contribution in [0, 0.1) is 5.92 Å². The Bertz CT molecular complexity index is 457. The van der Waals surface area contributed by atoms with Crippen LogP contribution in [-0.4, -0.2) is 38.1 Å². The fraction of sp³-hybridized carbons (Fsp3) is 0.733. The first-order valence-electron chi connectivity index (χ1n) is 7.83. The van der Waals surface area contributed by atoms with E-state index in [4.69, 9.17) is 0 Å². The van der Waals surface area contributed by atoms with E-state index in [0.717, 1.165) is 35.8 Å². The van der Waals surface area contributed by atoms with Crippen LogP contribution in [0.15, 0.2) is 10.4 Å². The van der Waals surface area contributed by atoms with E-state index in [2.05, 4.69) is 32.9 Å². The summed E-state index contributed by atoms with van der Waals surface area (Å²) >= 11 is 1.66. The van der Waals surface area contributed by atoms with Crippen LogP contribution in [-0.2, 0) is 6.54 Å². The second-order valence-corrected chi connectivity index (χ2v) is 6.56. The van der Waals surface area contributed by atoms with Gasteiger partial charge in [-0.25, -0.2) is 9.98 Å². The van der Waals surface area contributed by atoms with Gasteiger partial charge in [-0.2, -0.15) is 0 Å². The maximum atomic E-state index is 4.61. The third kappa shape index (κ3) is 7.13. The molecule has 0 radical (unpaired) electrons. The highest BCUT2D eigenvalue weighted by atomic mass is 127. The predicted molar refractivity (Wildman–Crippen MR) is 107 cm³/mol. The zero-order valence-electron chi connectivity index (χ0n) is 13.8. The molecule has 1 heterocycles. The van der Waals surface area contributed by atoms with Crippen LogP contribution in [0.1, 0.15) is 38.3 Å². The molecule has 0 unspecified atom stereocenters. The summed E-state index contributed by atoms with van der Waals surface area (Å²) in [5.74, 6) is 1.90. The molecule has 126 valence electrons. The zero-order chi connectivity index (χ0) is 15.1. The minimum absolute atomic E-state index is 0. The van der Waals surface area contributed by atoms with Gasteiger partial charge < -0.3 is 15.5 Å². The van der Waals surface area contributed by atoms with Crippen molar-refractivity contribution in [3.05, 3.63) is 11.1 Å². The topological polar surface area (TPSA) is 52.6 Å². The van der Waals surface area contributed by atoms with E-state index >= 15 is 0 Å². The summed E-state index contributed by atoms with van der Waals surface area (Å²) in [5.41, 5.74) is 1.03. The predicted octanol–water partition coefficient (Wildman–Crippen LogP) is 3.07. The maximum absolute atomic E-state index is 4.61. The number of hydrogen-bond acceptors (Lipinski definition) is 4. The largest absolute Gasteiger partial charge is 0.357 e. The van der Waals surface area contributed by atoms with Crippen LogP contribution in [0.4, 0.5) is 5.13 Å². The van der Waals surface area contributed by atoms with E-state index in [0.29, 0.717) is 6.54 Å². The normalized spacial score (nSPS) is 14.4. The van der Waals surface area contributed by atoms with Crippen molar-refractivity contribution >= 4 is 46.4 Å². The highest BCUT2D eigenvalue weighted by Crippen LogP contribution is 2.33. The second-order valence-electron chi connectivity index (χ2n) is 5.72. The Morgan fingerprint density at radius 1 is 1.41 bits per heavy atom. The summed E-state index contributed by atoms with van der Waals surface area (Å²) in [6.45, 7) is 4.60. The van der Waals surface area contributed by atoms with Crippen molar-refractivity contribution in [3.63, 3.8) is 0 Å². The van der Waals surface area contributed by atoms with Gasteiger partial charge in [0.2, 0.25) is 0 Å². The molecule has 0 aromatic carbocycles. The van der Waals surface area contributed by atoms with Gasteiger partial charge in [0.1, 0.15) is 0 Å². The van der Waals surface area contributed by atoms with Gasteiger partial charge >= 0.3 is 0 Å². The van der Waals surface area contributed by atoms with Crippen molar-refractivity contribution in [1.82, 2.24) is 15.6 Å². The number of nitrogens with zero attached hydrogens (tertiary/aromatic N) is 3. The van der Waals surface area contributed by atoms with Gasteiger partial charge in [0.05, 0.1) is 12.2 Å². The lowest BCUT2D eigenvalue weighted by atomic mass is 10.2. The average molecular weight is 437 g/mol. The van der Waals surface area contributed by atoms with Crippen LogP contribution < -0.4 is 15.5 Å². The molecule has 1 aliphatic rings. The molecular weight excluding hydrogens is 409 g/mol. The monoisotopic (exact) mass is 437 g/mol. The Balaban J connectivity index is 0.00000242. The van der Waals surface area contributed by atoms with E-state index in [9.17, 15) is 0 Å². The van der Waals surface area contributed by atoms with Gasteiger partial charge in [-0.1, -0.05) is 12.8 Å². The number of nitrogens with one attached hydrogen (secondary N) is 2. The summed E-state index contributed by atoms with van der Waals surface area (Å²) in [4.78, 5) is 11.2. The standard InChI is InChI=1S/C15H27N5S.HI/c1-4-16-14(17-9-5-6-12-7-8-12)18-10-13-11-21-15(19-13)20(2)3;/h11-12H,4-10H2,1-3H3,(H2,16,17,18);1H. The molecule has 1 aromatic heterocycles. The van der Waals surface area contributed by atoms with Crippen molar-refractivity contribution < 1.29 is 0 Å². The number of anilines is 1. The van der Waals surface area contributed by atoms with Gasteiger partial charge in [0.15, 0.2) is 11.1 Å². The Hall–Kier alpha value is -0.570. The van der Waals surface area contributed by atoms with Crippen LogP contribution in [0.25, 0.3) is 0 Å². The lowest BCUT2D eigenvalue weighted by Gasteiger charge is -2.10. The number of rotatable bonds is 8. The first-order chi connectivity index (χ1) is 10.2. The lowest BCUT2D eigenvalue weighted by molar-refractivity contribution is 0.644. The summed E-state index contributed by atoms with van der Waals surface area (Å²) in [5, 5.41) is 9.81. The zero-order valence-corrected chi connectivity index (χ0v) is 16.9. The van der Waals surface area contributed by atoms with E-state index in [1.54, 1.807) is 11.3 Å². The number of aromatic nitrogens is 1. The van der Waals surface area contributed by atoms with Crippen molar-refractivity contribution in [2.45, 2.75) is 39.2 Å². The Labute approximate surface area is 155 Å². The molecule has 2 rings (SSSR count). The maximum Gasteiger partial charge on any atom is 0.191 e. The molecule has 0 spiro atoms. The van der Waals surface area contributed by atoms with Crippen LogP contribution in [0.5, 0.6) is 0 Å². The molecule has 0 bridgehead atoms. The molecule has 0 saturated heterocycles. The summed E-state index contributed by atoms with van der Waals surface area (Å²) in [6, 6.07) is 0. The molecule has 5 nitrogen and oxygen atoms in total. The molecule has 7 heteroatoms. The smallest absolute Gasteiger partial charge is 0.191 e. The molecular formula is C15H28IN5S. The van der Waals surface area contributed by atoms with Crippen LogP contribution in [0.3, 0.4) is 0 Å². The highest BCUT2D eigenvalue weighted by Gasteiger charge is 2.19. The van der Waals surface area contributed by atoms with Gasteiger partial charge in [-0.15, -0.1) is 35.3 Å². The summed E-state index contributed by atoms with van der Waals surface area (Å²) in [7, 11) is 4.02. The number of halogens is 1. The van der Waals surface area contributed by atoms with Crippen molar-refractivity contribution in [2.75, 3.05) is 32.1 Å². The van der Waals surface area contributed by atoms with Gasteiger partial charge in [0, 0.05) is 32.6 Å². The van der Waals surface area contributed by atoms with E-state index < -0.39 is 0 Å². The minimum Gasteiger partial charge on any atom is -0.357 e. The lowest BCUT2D eigenvalue weighted by Crippen LogP contribution is -2.37. The Morgan fingerprint density at radius 2 is 2.18 bits per heavy atom. The van der Waals surface area contributed by atoms with Gasteiger partial charge in [-0.3, -0.25) is 0 Å². The molecule has 1 aromatic rings. The van der Waals surface area contributed by atoms with Crippen molar-refractivity contribution in [1.29, 1.82) is 0 Å². The van der Waals surface area contributed by atoms with E-state index in [1.165, 1.54) is 25.7 Å².